The van der Waals surface area contributed by atoms with Crippen LogP contribution in [0.5, 0.6) is 0 Å². The average Bonchev–Trinajstić information content (AvgIpc) is 2.84. The lowest BCUT2D eigenvalue weighted by Crippen LogP contribution is -2.28. The molecule has 0 aliphatic carbocycles. The van der Waals surface area contributed by atoms with Gasteiger partial charge in [0.2, 0.25) is 5.91 Å². The summed E-state index contributed by atoms with van der Waals surface area (Å²) in [5, 5.41) is -0.526. The maximum absolute atomic E-state index is 12.4. The first-order valence-electron chi connectivity index (χ1n) is 7.75. The molecule has 1 aliphatic rings. The molecule has 118 valence electrons. The zero-order valence-corrected chi connectivity index (χ0v) is 13.7. The van der Waals surface area contributed by atoms with Gasteiger partial charge in [-0.15, -0.1) is 11.8 Å². The molecule has 0 N–H and O–H groups in total. The molecule has 1 fully saturated rings. The topological polar surface area (TPSA) is 37.4 Å². The van der Waals surface area contributed by atoms with Crippen molar-refractivity contribution in [3.05, 3.63) is 71.8 Å². The Kier molecular flexibility index (Phi) is 5.13. The van der Waals surface area contributed by atoms with E-state index in [9.17, 15) is 9.59 Å². The van der Waals surface area contributed by atoms with E-state index >= 15 is 0 Å². The van der Waals surface area contributed by atoms with Crippen molar-refractivity contribution < 1.29 is 9.59 Å². The number of aryl methyl sites for hydroxylation is 1. The van der Waals surface area contributed by atoms with Crippen LogP contribution in [0.15, 0.2) is 60.7 Å². The van der Waals surface area contributed by atoms with Gasteiger partial charge >= 0.3 is 0 Å². The summed E-state index contributed by atoms with van der Waals surface area (Å²) in [6.07, 6.45) is 0.876. The van der Waals surface area contributed by atoms with E-state index in [2.05, 4.69) is 12.1 Å². The average molecular weight is 325 g/mol. The number of thioether (sulfide) groups is 1. The molecule has 0 saturated carbocycles. The lowest BCUT2D eigenvalue weighted by molar-refractivity contribution is -0.127. The van der Waals surface area contributed by atoms with Gasteiger partial charge < -0.3 is 4.90 Å². The van der Waals surface area contributed by atoms with Gasteiger partial charge in [0.1, 0.15) is 5.25 Å². The van der Waals surface area contributed by atoms with Crippen LogP contribution in [0.3, 0.4) is 0 Å². The third-order valence-corrected chi connectivity index (χ3v) is 5.15. The molecule has 1 saturated heterocycles. The van der Waals surface area contributed by atoms with Crippen LogP contribution in [0.1, 0.15) is 11.1 Å². The van der Waals surface area contributed by atoms with Gasteiger partial charge in [0.25, 0.3) is 0 Å². The maximum Gasteiger partial charge on any atom is 0.244 e. The molecule has 0 bridgehead atoms. The van der Waals surface area contributed by atoms with Gasteiger partial charge in [0.15, 0.2) is 5.78 Å². The maximum atomic E-state index is 12.4. The Hall–Kier alpha value is -2.07. The molecule has 0 aromatic heterocycles. The van der Waals surface area contributed by atoms with E-state index in [0.717, 1.165) is 17.7 Å². The first-order chi connectivity index (χ1) is 11.2. The smallest absolute Gasteiger partial charge is 0.244 e. The number of rotatable bonds is 6. The first kappa shape index (κ1) is 15.8. The van der Waals surface area contributed by atoms with E-state index in [0.29, 0.717) is 6.54 Å². The monoisotopic (exact) mass is 325 g/mol. The molecule has 1 atom stereocenters. The molecule has 2 aromatic rings. The van der Waals surface area contributed by atoms with Crippen LogP contribution >= 0.6 is 11.8 Å². The van der Waals surface area contributed by atoms with Crippen LogP contribution in [0.2, 0.25) is 0 Å². The largest absolute Gasteiger partial charge is 0.330 e. The fourth-order valence-corrected chi connectivity index (χ4v) is 3.83. The molecule has 4 heteroatoms. The standard InChI is InChI=1S/C19H19NO2S/c21-17-14-20(13-16-9-5-2-6-10-16)19(22)18(17)23-12-11-15-7-3-1-4-8-15/h1-10,18H,11-14H2. The second kappa shape index (κ2) is 7.47. The molecule has 3 nitrogen and oxygen atoms in total. The molecule has 1 heterocycles. The number of Topliss-reactive ketones (excluding diaryl/α,β-unsaturated/α-hetero) is 1. The third-order valence-electron chi connectivity index (χ3n) is 3.91. The van der Waals surface area contributed by atoms with Crippen LogP contribution in [-0.2, 0) is 22.6 Å². The van der Waals surface area contributed by atoms with Crippen molar-refractivity contribution in [1.82, 2.24) is 4.90 Å². The summed E-state index contributed by atoms with van der Waals surface area (Å²) in [7, 11) is 0. The van der Waals surface area contributed by atoms with Gasteiger partial charge in [0.05, 0.1) is 6.54 Å². The number of benzene rings is 2. The fraction of sp³-hybridized carbons (Fsp3) is 0.263. The van der Waals surface area contributed by atoms with E-state index in [4.69, 9.17) is 0 Å². The van der Waals surface area contributed by atoms with Crippen LogP contribution in [0.25, 0.3) is 0 Å². The lowest BCUT2D eigenvalue weighted by Gasteiger charge is -2.15. The van der Waals surface area contributed by atoms with Crippen molar-refractivity contribution in [2.24, 2.45) is 0 Å². The number of hydrogen-bond acceptors (Lipinski definition) is 3. The second-order valence-electron chi connectivity index (χ2n) is 5.63. The van der Waals surface area contributed by atoms with Gasteiger partial charge in [-0.05, 0) is 23.3 Å². The Morgan fingerprint density at radius 2 is 1.52 bits per heavy atom. The highest BCUT2D eigenvalue weighted by Crippen LogP contribution is 2.23. The SMILES string of the molecule is O=C1CN(Cc2ccccc2)C(=O)C1SCCc1ccccc1. The number of carbonyl (C=O) groups excluding carboxylic acids is 2. The Balaban J connectivity index is 1.54. The van der Waals surface area contributed by atoms with Crippen molar-refractivity contribution in [1.29, 1.82) is 0 Å². The van der Waals surface area contributed by atoms with Gasteiger partial charge in [-0.1, -0.05) is 60.7 Å². The van der Waals surface area contributed by atoms with Crippen molar-refractivity contribution in [3.63, 3.8) is 0 Å². The Morgan fingerprint density at radius 3 is 2.17 bits per heavy atom. The van der Waals surface area contributed by atoms with E-state index < -0.39 is 5.25 Å². The number of likely N-dealkylation sites (tertiary alicyclic amines) is 1. The van der Waals surface area contributed by atoms with Crippen LogP contribution in [-0.4, -0.2) is 34.1 Å². The van der Waals surface area contributed by atoms with Crippen molar-refractivity contribution >= 4 is 23.5 Å². The minimum Gasteiger partial charge on any atom is -0.330 e. The highest BCUT2D eigenvalue weighted by Gasteiger charge is 2.39. The second-order valence-corrected chi connectivity index (χ2v) is 6.85. The summed E-state index contributed by atoms with van der Waals surface area (Å²) in [5.41, 5.74) is 2.29. The molecule has 1 amide bonds. The van der Waals surface area contributed by atoms with E-state index in [1.165, 1.54) is 17.3 Å². The predicted octanol–water partition coefficient (Wildman–Crippen LogP) is 2.94. The van der Waals surface area contributed by atoms with Gasteiger partial charge in [-0.25, -0.2) is 0 Å². The number of ketones is 1. The summed E-state index contributed by atoms with van der Waals surface area (Å²) in [6, 6.07) is 19.9. The van der Waals surface area contributed by atoms with Crippen LogP contribution in [0, 0.1) is 0 Å². The highest BCUT2D eigenvalue weighted by molar-refractivity contribution is 8.01. The molecular weight excluding hydrogens is 306 g/mol. The van der Waals surface area contributed by atoms with E-state index in [1.54, 1.807) is 4.90 Å². The van der Waals surface area contributed by atoms with Crippen LogP contribution < -0.4 is 0 Å². The molecular formula is C19H19NO2S. The Labute approximate surface area is 140 Å². The van der Waals surface area contributed by atoms with Gasteiger partial charge in [-0.2, -0.15) is 0 Å². The van der Waals surface area contributed by atoms with Crippen LogP contribution in [0.4, 0.5) is 0 Å². The Bertz CT molecular complexity index is 672. The lowest BCUT2D eigenvalue weighted by atomic mass is 10.2. The van der Waals surface area contributed by atoms with Gasteiger partial charge in [0, 0.05) is 6.54 Å². The number of hydrogen-bond donors (Lipinski definition) is 0. The zero-order chi connectivity index (χ0) is 16.1. The fourth-order valence-electron chi connectivity index (χ4n) is 2.69. The molecule has 1 aliphatic heterocycles. The third kappa shape index (κ3) is 4.02. The molecule has 1 unspecified atom stereocenters. The first-order valence-corrected chi connectivity index (χ1v) is 8.80. The van der Waals surface area contributed by atoms with E-state index in [-0.39, 0.29) is 18.2 Å². The minimum absolute atomic E-state index is 0.0315. The minimum atomic E-state index is -0.526. The summed E-state index contributed by atoms with van der Waals surface area (Å²) < 4.78 is 0. The molecule has 2 aromatic carbocycles. The normalized spacial score (nSPS) is 17.7. The summed E-state index contributed by atoms with van der Waals surface area (Å²) in [4.78, 5) is 26.3. The quantitative estimate of drug-likeness (QED) is 0.766. The molecule has 0 radical (unpaired) electrons. The zero-order valence-electron chi connectivity index (χ0n) is 12.9. The number of amides is 1. The molecule has 3 rings (SSSR count). The number of nitrogens with zero attached hydrogens (tertiary/aromatic N) is 1. The summed E-state index contributed by atoms with van der Waals surface area (Å²) >= 11 is 1.47. The van der Waals surface area contributed by atoms with Crippen molar-refractivity contribution in [2.45, 2.75) is 18.2 Å². The van der Waals surface area contributed by atoms with Crippen molar-refractivity contribution in [2.75, 3.05) is 12.3 Å². The number of carbonyl (C=O) groups is 2. The molecule has 0 spiro atoms. The summed E-state index contributed by atoms with van der Waals surface area (Å²) in [6.45, 7) is 0.748. The van der Waals surface area contributed by atoms with Crippen molar-refractivity contribution in [3.8, 4) is 0 Å². The molecule has 23 heavy (non-hydrogen) atoms. The van der Waals surface area contributed by atoms with E-state index in [1.807, 2.05) is 48.5 Å². The predicted molar refractivity (Wildman–Crippen MR) is 93.3 cm³/mol. The summed E-state index contributed by atoms with van der Waals surface area (Å²) in [5.74, 6) is 0.770. The van der Waals surface area contributed by atoms with Gasteiger partial charge in [-0.3, -0.25) is 9.59 Å². The highest BCUT2D eigenvalue weighted by atomic mass is 32.2. The Morgan fingerprint density at radius 1 is 0.913 bits per heavy atom.